The third kappa shape index (κ3) is 3.18. The lowest BCUT2D eigenvalue weighted by atomic mass is 10.2. The second-order valence-corrected chi connectivity index (χ2v) is 3.87. The minimum Gasteiger partial charge on any atom is -0.497 e. The molecule has 0 fully saturated rings. The number of methoxy groups -OCH3 is 1. The van der Waals surface area contributed by atoms with Crippen LogP contribution in [0.25, 0.3) is 0 Å². The van der Waals surface area contributed by atoms with E-state index < -0.39 is 0 Å². The molecule has 0 aromatic heterocycles. The Morgan fingerprint density at radius 1 is 0.941 bits per heavy atom. The van der Waals surface area contributed by atoms with E-state index in [-0.39, 0.29) is 0 Å². The molecule has 2 rings (SSSR count). The molecular weight excluding hydrogens is 210 g/mol. The Morgan fingerprint density at radius 3 is 2.18 bits per heavy atom. The van der Waals surface area contributed by atoms with Gasteiger partial charge in [0.25, 0.3) is 0 Å². The molecule has 0 spiro atoms. The summed E-state index contributed by atoms with van der Waals surface area (Å²) in [5.41, 5.74) is 3.28. The zero-order chi connectivity index (χ0) is 12.1. The van der Waals surface area contributed by atoms with E-state index in [2.05, 4.69) is 36.2 Å². The summed E-state index contributed by atoms with van der Waals surface area (Å²) in [5.74, 6) is 0.847. The van der Waals surface area contributed by atoms with Gasteiger partial charge >= 0.3 is 0 Å². The molecule has 0 unspecified atom stereocenters. The molecule has 2 aromatic rings. The van der Waals surface area contributed by atoms with Gasteiger partial charge in [-0.05, 0) is 36.8 Å². The number of aliphatic imine (C=N–C) groups is 1. The zero-order valence-electron chi connectivity index (χ0n) is 10.1. The highest BCUT2D eigenvalue weighted by Gasteiger charge is 1.91. The predicted molar refractivity (Wildman–Crippen MR) is 71.4 cm³/mol. The van der Waals surface area contributed by atoms with Crippen molar-refractivity contribution >= 4 is 11.9 Å². The summed E-state index contributed by atoms with van der Waals surface area (Å²) in [7, 11) is 1.66. The molecule has 0 bridgehead atoms. The molecule has 0 aliphatic carbocycles. The maximum atomic E-state index is 5.09. The summed E-state index contributed by atoms with van der Waals surface area (Å²) in [4.78, 5) is 4.40. The van der Waals surface area contributed by atoms with Crippen LogP contribution in [0, 0.1) is 6.92 Å². The van der Waals surface area contributed by atoms with Crippen LogP contribution < -0.4 is 4.74 Å². The van der Waals surface area contributed by atoms with Crippen LogP contribution in [0.5, 0.6) is 5.75 Å². The van der Waals surface area contributed by atoms with Gasteiger partial charge in [-0.25, -0.2) is 0 Å². The van der Waals surface area contributed by atoms with E-state index in [1.807, 2.05) is 30.5 Å². The molecule has 86 valence electrons. The molecule has 2 heteroatoms. The van der Waals surface area contributed by atoms with Crippen LogP contribution >= 0.6 is 0 Å². The Hall–Kier alpha value is -2.09. The minimum atomic E-state index is 0.847. The van der Waals surface area contributed by atoms with Gasteiger partial charge in [-0.2, -0.15) is 0 Å². The Balaban J connectivity index is 2.11. The number of aryl methyl sites for hydroxylation is 1. The van der Waals surface area contributed by atoms with Crippen molar-refractivity contribution < 1.29 is 4.74 Å². The second kappa shape index (κ2) is 5.30. The van der Waals surface area contributed by atoms with E-state index in [4.69, 9.17) is 4.74 Å². The largest absolute Gasteiger partial charge is 0.497 e. The van der Waals surface area contributed by atoms with E-state index in [0.29, 0.717) is 0 Å². The highest BCUT2D eigenvalue weighted by molar-refractivity contribution is 5.81. The molecule has 2 nitrogen and oxygen atoms in total. The number of benzene rings is 2. The second-order valence-electron chi connectivity index (χ2n) is 3.87. The molecule has 0 saturated heterocycles. The highest BCUT2D eigenvalue weighted by Crippen LogP contribution is 2.17. The molecule has 0 heterocycles. The first kappa shape index (κ1) is 11.4. The Morgan fingerprint density at radius 2 is 1.59 bits per heavy atom. The fourth-order valence-corrected chi connectivity index (χ4v) is 1.47. The predicted octanol–water partition coefficient (Wildman–Crippen LogP) is 3.75. The summed E-state index contributed by atoms with van der Waals surface area (Å²) in [6.07, 6.45) is 1.86. The number of nitrogens with zero attached hydrogens (tertiary/aromatic N) is 1. The van der Waals surface area contributed by atoms with Gasteiger partial charge in [-0.1, -0.05) is 29.8 Å². The topological polar surface area (TPSA) is 21.6 Å². The fraction of sp³-hybridized carbons (Fsp3) is 0.133. The summed E-state index contributed by atoms with van der Waals surface area (Å²) < 4.78 is 5.09. The van der Waals surface area contributed by atoms with Gasteiger partial charge in [0, 0.05) is 6.21 Å². The van der Waals surface area contributed by atoms with Gasteiger partial charge in [0.1, 0.15) is 5.75 Å². The van der Waals surface area contributed by atoms with Gasteiger partial charge in [0.05, 0.1) is 12.8 Å². The van der Waals surface area contributed by atoms with Crippen molar-refractivity contribution in [2.24, 2.45) is 4.99 Å². The van der Waals surface area contributed by atoms with E-state index in [1.165, 1.54) is 5.56 Å². The normalized spacial score (nSPS) is 10.7. The molecular formula is C15H15NO. The number of ether oxygens (including phenoxy) is 1. The van der Waals surface area contributed by atoms with Gasteiger partial charge in [-0.15, -0.1) is 0 Å². The monoisotopic (exact) mass is 225 g/mol. The van der Waals surface area contributed by atoms with E-state index in [0.717, 1.165) is 17.0 Å². The summed E-state index contributed by atoms with van der Waals surface area (Å²) in [5, 5.41) is 0. The van der Waals surface area contributed by atoms with Crippen molar-refractivity contribution in [2.45, 2.75) is 6.92 Å². The smallest absolute Gasteiger partial charge is 0.119 e. The first-order valence-electron chi connectivity index (χ1n) is 5.53. The summed E-state index contributed by atoms with van der Waals surface area (Å²) in [6, 6.07) is 16.0. The van der Waals surface area contributed by atoms with Crippen LogP contribution in [0.1, 0.15) is 11.1 Å². The molecule has 0 saturated carbocycles. The maximum absolute atomic E-state index is 5.09. The van der Waals surface area contributed by atoms with Crippen molar-refractivity contribution in [2.75, 3.05) is 7.11 Å². The third-order valence-corrected chi connectivity index (χ3v) is 2.51. The van der Waals surface area contributed by atoms with Crippen molar-refractivity contribution in [1.82, 2.24) is 0 Å². The fourth-order valence-electron chi connectivity index (χ4n) is 1.47. The van der Waals surface area contributed by atoms with Gasteiger partial charge < -0.3 is 4.74 Å². The SMILES string of the molecule is COc1ccc(N=Cc2ccc(C)cc2)cc1. The molecule has 2 aromatic carbocycles. The Kier molecular flexibility index (Phi) is 3.55. The molecule has 0 N–H and O–H groups in total. The zero-order valence-corrected chi connectivity index (χ0v) is 10.1. The Bertz CT molecular complexity index is 497. The van der Waals surface area contributed by atoms with Gasteiger partial charge in [0.15, 0.2) is 0 Å². The van der Waals surface area contributed by atoms with Crippen LogP contribution in [0.15, 0.2) is 53.5 Å². The van der Waals surface area contributed by atoms with Crippen molar-refractivity contribution in [3.63, 3.8) is 0 Å². The molecule has 0 atom stereocenters. The Labute approximate surface area is 102 Å². The van der Waals surface area contributed by atoms with Crippen molar-refractivity contribution in [1.29, 1.82) is 0 Å². The average molecular weight is 225 g/mol. The van der Waals surface area contributed by atoms with Gasteiger partial charge in [-0.3, -0.25) is 4.99 Å². The van der Waals surface area contributed by atoms with Crippen molar-refractivity contribution in [3.8, 4) is 5.75 Å². The molecule has 0 radical (unpaired) electrons. The highest BCUT2D eigenvalue weighted by atomic mass is 16.5. The standard InChI is InChI=1S/C15H15NO/c1-12-3-5-13(6-4-12)11-16-14-7-9-15(17-2)10-8-14/h3-11H,1-2H3. The van der Waals surface area contributed by atoms with Gasteiger partial charge in [0.2, 0.25) is 0 Å². The minimum absolute atomic E-state index is 0.847. The molecule has 17 heavy (non-hydrogen) atoms. The lowest BCUT2D eigenvalue weighted by Gasteiger charge is -1.99. The lowest BCUT2D eigenvalue weighted by Crippen LogP contribution is -1.82. The number of rotatable bonds is 3. The first-order chi connectivity index (χ1) is 8.28. The van der Waals surface area contributed by atoms with Crippen molar-refractivity contribution in [3.05, 3.63) is 59.7 Å². The quantitative estimate of drug-likeness (QED) is 0.729. The first-order valence-corrected chi connectivity index (χ1v) is 5.53. The lowest BCUT2D eigenvalue weighted by molar-refractivity contribution is 0.415. The third-order valence-electron chi connectivity index (χ3n) is 2.51. The van der Waals surface area contributed by atoms with E-state index in [1.54, 1.807) is 7.11 Å². The number of hydrogen-bond donors (Lipinski definition) is 0. The van der Waals surface area contributed by atoms with E-state index >= 15 is 0 Å². The summed E-state index contributed by atoms with van der Waals surface area (Å²) >= 11 is 0. The molecule has 0 aliphatic rings. The summed E-state index contributed by atoms with van der Waals surface area (Å²) in [6.45, 7) is 2.07. The van der Waals surface area contributed by atoms with Crippen LogP contribution in [0.2, 0.25) is 0 Å². The van der Waals surface area contributed by atoms with E-state index in [9.17, 15) is 0 Å². The van der Waals surface area contributed by atoms with Crippen LogP contribution in [-0.4, -0.2) is 13.3 Å². The maximum Gasteiger partial charge on any atom is 0.119 e. The van der Waals surface area contributed by atoms with Crippen LogP contribution in [0.4, 0.5) is 5.69 Å². The number of hydrogen-bond acceptors (Lipinski definition) is 2. The van der Waals surface area contributed by atoms with Crippen LogP contribution in [-0.2, 0) is 0 Å². The molecule has 0 aliphatic heterocycles. The van der Waals surface area contributed by atoms with Crippen LogP contribution in [0.3, 0.4) is 0 Å². The molecule has 0 amide bonds. The average Bonchev–Trinajstić information content (AvgIpc) is 2.39.